The highest BCUT2D eigenvalue weighted by molar-refractivity contribution is 6.30. The third kappa shape index (κ3) is 3.07. The maximum absolute atomic E-state index is 11.3. The van der Waals surface area contributed by atoms with Crippen LogP contribution in [0.3, 0.4) is 0 Å². The van der Waals surface area contributed by atoms with E-state index >= 15 is 0 Å². The van der Waals surface area contributed by atoms with Crippen molar-refractivity contribution in [2.24, 2.45) is 0 Å². The van der Waals surface area contributed by atoms with Crippen molar-refractivity contribution in [2.75, 3.05) is 0 Å². The second kappa shape index (κ2) is 6.36. The van der Waals surface area contributed by atoms with Crippen LogP contribution in [0.1, 0.15) is 51.4 Å². The van der Waals surface area contributed by atoms with Gasteiger partial charge in [-0.2, -0.15) is 0 Å². The van der Waals surface area contributed by atoms with Crippen LogP contribution in [-0.4, -0.2) is 21.5 Å². The van der Waals surface area contributed by atoms with E-state index < -0.39 is 0 Å². The summed E-state index contributed by atoms with van der Waals surface area (Å²) < 4.78 is 0. The Labute approximate surface area is 133 Å². The molecule has 0 bridgehead atoms. The van der Waals surface area contributed by atoms with E-state index in [2.05, 4.69) is 9.97 Å². The van der Waals surface area contributed by atoms with E-state index in [9.17, 15) is 9.59 Å². The number of hydrogen-bond donors (Lipinski definition) is 0. The summed E-state index contributed by atoms with van der Waals surface area (Å²) in [5, 5.41) is 0.614. The Balaban J connectivity index is 0.000000133. The van der Waals surface area contributed by atoms with Crippen molar-refractivity contribution in [3.63, 3.8) is 0 Å². The van der Waals surface area contributed by atoms with Crippen LogP contribution in [0.15, 0.2) is 30.6 Å². The van der Waals surface area contributed by atoms with Gasteiger partial charge in [-0.1, -0.05) is 17.7 Å². The third-order valence-corrected chi connectivity index (χ3v) is 4.03. The van der Waals surface area contributed by atoms with Crippen molar-refractivity contribution in [1.82, 2.24) is 9.97 Å². The summed E-state index contributed by atoms with van der Waals surface area (Å²) in [5.74, 6) is 0.337. The summed E-state index contributed by atoms with van der Waals surface area (Å²) >= 11 is 5.75. The monoisotopic (exact) mass is 314 g/mol. The fraction of sp³-hybridized carbons (Fsp3) is 0.294. The predicted octanol–water partition coefficient (Wildman–Crippen LogP) is 3.46. The van der Waals surface area contributed by atoms with E-state index in [1.165, 1.54) is 6.20 Å². The molecule has 2 heterocycles. The molecule has 0 unspecified atom stereocenters. The number of aryl methyl sites for hydroxylation is 2. The van der Waals surface area contributed by atoms with Crippen LogP contribution in [0.25, 0.3) is 0 Å². The highest BCUT2D eigenvalue weighted by Crippen LogP contribution is 2.21. The summed E-state index contributed by atoms with van der Waals surface area (Å²) in [6.07, 6.45) is 7.20. The van der Waals surface area contributed by atoms with Crippen LogP contribution in [0, 0.1) is 0 Å². The van der Waals surface area contributed by atoms with E-state index in [0.29, 0.717) is 29.3 Å². The van der Waals surface area contributed by atoms with Crippen LogP contribution >= 0.6 is 11.6 Å². The maximum atomic E-state index is 11.3. The first-order valence-corrected chi connectivity index (χ1v) is 7.67. The molecule has 4 rings (SSSR count). The van der Waals surface area contributed by atoms with Gasteiger partial charge in [0.25, 0.3) is 0 Å². The summed E-state index contributed by atoms with van der Waals surface area (Å²) in [7, 11) is 0. The average molecular weight is 315 g/mol. The zero-order chi connectivity index (χ0) is 15.5. The summed E-state index contributed by atoms with van der Waals surface area (Å²) in [4.78, 5) is 30.3. The number of rotatable bonds is 0. The van der Waals surface area contributed by atoms with Gasteiger partial charge in [0.05, 0.1) is 5.02 Å². The molecule has 112 valence electrons. The predicted molar refractivity (Wildman–Crippen MR) is 83.4 cm³/mol. The van der Waals surface area contributed by atoms with Gasteiger partial charge in [-0.15, -0.1) is 0 Å². The van der Waals surface area contributed by atoms with Gasteiger partial charge in [0.2, 0.25) is 0 Å². The van der Waals surface area contributed by atoms with Crippen LogP contribution in [0.5, 0.6) is 0 Å². The molecule has 0 saturated carbocycles. The van der Waals surface area contributed by atoms with Crippen molar-refractivity contribution in [2.45, 2.75) is 32.1 Å². The highest BCUT2D eigenvalue weighted by atomic mass is 35.5. The van der Waals surface area contributed by atoms with Gasteiger partial charge < -0.3 is 0 Å². The van der Waals surface area contributed by atoms with Crippen molar-refractivity contribution in [3.8, 4) is 0 Å². The lowest BCUT2D eigenvalue weighted by Gasteiger charge is -2.12. The van der Waals surface area contributed by atoms with Crippen molar-refractivity contribution >= 4 is 23.2 Å². The molecule has 2 aromatic rings. The summed E-state index contributed by atoms with van der Waals surface area (Å²) in [5.41, 5.74) is 3.40. The summed E-state index contributed by atoms with van der Waals surface area (Å²) in [6, 6.07) is 5.67. The zero-order valence-corrected chi connectivity index (χ0v) is 12.8. The fourth-order valence-corrected chi connectivity index (χ4v) is 2.92. The number of carbonyl (C=O) groups is 2. The molecule has 0 aromatic carbocycles. The van der Waals surface area contributed by atoms with Crippen LogP contribution in [0.2, 0.25) is 5.02 Å². The molecule has 2 aliphatic carbocycles. The van der Waals surface area contributed by atoms with Crippen molar-refractivity contribution in [3.05, 3.63) is 58.1 Å². The lowest BCUT2D eigenvalue weighted by atomic mass is 9.95. The first-order chi connectivity index (χ1) is 10.6. The van der Waals surface area contributed by atoms with E-state index in [1.54, 1.807) is 6.20 Å². The van der Waals surface area contributed by atoms with E-state index in [0.717, 1.165) is 30.4 Å². The van der Waals surface area contributed by atoms with Crippen molar-refractivity contribution < 1.29 is 9.59 Å². The van der Waals surface area contributed by atoms with Crippen molar-refractivity contribution in [1.29, 1.82) is 0 Å². The maximum Gasteiger partial charge on any atom is 0.181 e. The number of carbonyl (C=O) groups excluding carboxylic acids is 2. The number of hydrogen-bond acceptors (Lipinski definition) is 4. The molecule has 0 aliphatic heterocycles. The summed E-state index contributed by atoms with van der Waals surface area (Å²) in [6.45, 7) is 0. The second-order valence-electron chi connectivity index (χ2n) is 5.37. The standard InChI is InChI=1S/C9H8ClNO.C8H7NO/c10-7-4-6-2-1-3-8(12)9(6)11-5-7;10-7-4-3-6-2-1-5-9-8(6)7/h4-5H,1-3H2;1-2,5H,3-4H2. The fourth-order valence-electron chi connectivity index (χ4n) is 2.74. The SMILES string of the molecule is O=C1CCCc2cc(Cl)cnc21.O=C1CCc2cccnc21. The van der Waals surface area contributed by atoms with Gasteiger partial charge in [-0.25, -0.2) is 0 Å². The van der Waals surface area contributed by atoms with E-state index in [-0.39, 0.29) is 11.6 Å². The van der Waals surface area contributed by atoms with Gasteiger partial charge in [-0.05, 0) is 42.5 Å². The van der Waals surface area contributed by atoms with E-state index in [4.69, 9.17) is 11.6 Å². The molecule has 0 N–H and O–H groups in total. The minimum absolute atomic E-state index is 0.146. The van der Waals surface area contributed by atoms with Crippen LogP contribution in [0.4, 0.5) is 0 Å². The minimum Gasteiger partial charge on any atom is -0.292 e. The molecule has 4 nitrogen and oxygen atoms in total. The van der Waals surface area contributed by atoms with Gasteiger partial charge in [0.1, 0.15) is 11.4 Å². The highest BCUT2D eigenvalue weighted by Gasteiger charge is 2.19. The minimum atomic E-state index is 0.146. The molecule has 5 heteroatoms. The lowest BCUT2D eigenvalue weighted by Crippen LogP contribution is -2.12. The zero-order valence-electron chi connectivity index (χ0n) is 12.0. The molecule has 0 spiro atoms. The number of Topliss-reactive ketones (excluding diaryl/α,β-unsaturated/α-hetero) is 2. The quantitative estimate of drug-likeness (QED) is 0.747. The van der Waals surface area contributed by atoms with Gasteiger partial charge in [0, 0.05) is 25.2 Å². The molecular weight excluding hydrogens is 300 g/mol. The number of fused-ring (bicyclic) bond motifs is 2. The Bertz CT molecular complexity index is 743. The normalized spacial score (nSPS) is 15.7. The number of aromatic nitrogens is 2. The molecule has 0 saturated heterocycles. The molecule has 2 aliphatic rings. The Morgan fingerprint density at radius 2 is 1.68 bits per heavy atom. The molecule has 0 fully saturated rings. The van der Waals surface area contributed by atoms with Gasteiger partial charge in [-0.3, -0.25) is 19.6 Å². The second-order valence-corrected chi connectivity index (χ2v) is 5.81. The topological polar surface area (TPSA) is 59.9 Å². The first kappa shape index (κ1) is 14.9. The molecule has 0 amide bonds. The lowest BCUT2D eigenvalue weighted by molar-refractivity contribution is 0.0964. The molecule has 0 atom stereocenters. The largest absolute Gasteiger partial charge is 0.292 e. The average Bonchev–Trinajstić information content (AvgIpc) is 2.90. The number of pyridine rings is 2. The Kier molecular flexibility index (Phi) is 4.29. The Hall–Kier alpha value is -2.07. The number of halogens is 1. The number of nitrogens with zero attached hydrogens (tertiary/aromatic N) is 2. The molecule has 0 radical (unpaired) electrons. The number of ketones is 2. The first-order valence-electron chi connectivity index (χ1n) is 7.30. The van der Waals surface area contributed by atoms with Crippen LogP contribution in [-0.2, 0) is 12.8 Å². The molecule has 22 heavy (non-hydrogen) atoms. The molecular formula is C17H15ClN2O2. The van der Waals surface area contributed by atoms with Gasteiger partial charge >= 0.3 is 0 Å². The molecule has 2 aromatic heterocycles. The third-order valence-electron chi connectivity index (χ3n) is 3.82. The Morgan fingerprint density at radius 1 is 0.909 bits per heavy atom. The van der Waals surface area contributed by atoms with Crippen LogP contribution < -0.4 is 0 Å². The smallest absolute Gasteiger partial charge is 0.181 e. The van der Waals surface area contributed by atoms with Gasteiger partial charge in [0.15, 0.2) is 11.6 Å². The van der Waals surface area contributed by atoms with E-state index in [1.807, 2.05) is 18.2 Å². The Morgan fingerprint density at radius 3 is 2.50 bits per heavy atom.